The molecule has 3 heterocycles. The maximum Gasteiger partial charge on any atom is 0.321 e. The minimum absolute atomic E-state index is 0. The maximum absolute atomic E-state index is 11.7. The molecule has 3 N–H and O–H groups in total. The lowest BCUT2D eigenvalue weighted by molar-refractivity contribution is -0.139. The quantitative estimate of drug-likeness (QED) is 0.644. The van der Waals surface area contributed by atoms with E-state index in [1.54, 1.807) is 0 Å². The first-order valence-electron chi connectivity index (χ1n) is 8.18. The number of aromatic amines is 1. The van der Waals surface area contributed by atoms with Gasteiger partial charge in [0.15, 0.2) is 11.5 Å². The SMILES string of the molecule is Cl.O=C(O)[C@@H]1Cc2c([nH]c3ccccc23)[C@@H](c2ccc3c(c2)OCO3)N1. The van der Waals surface area contributed by atoms with Gasteiger partial charge in [-0.3, -0.25) is 10.1 Å². The lowest BCUT2D eigenvalue weighted by Crippen LogP contribution is -2.44. The van der Waals surface area contributed by atoms with E-state index in [0.29, 0.717) is 17.9 Å². The molecule has 2 aliphatic rings. The molecule has 3 aromatic rings. The molecule has 6 nitrogen and oxygen atoms in total. The first kappa shape index (κ1) is 16.8. The highest BCUT2D eigenvalue weighted by molar-refractivity contribution is 5.87. The van der Waals surface area contributed by atoms with Gasteiger partial charge in [-0.1, -0.05) is 24.3 Å². The van der Waals surface area contributed by atoms with Crippen LogP contribution in [0.3, 0.4) is 0 Å². The van der Waals surface area contributed by atoms with Gasteiger partial charge in [-0.25, -0.2) is 0 Å². The lowest BCUT2D eigenvalue weighted by atomic mass is 9.90. The Labute approximate surface area is 155 Å². The van der Waals surface area contributed by atoms with E-state index in [1.165, 1.54) is 0 Å². The molecule has 0 unspecified atom stereocenters. The van der Waals surface area contributed by atoms with E-state index in [1.807, 2.05) is 42.5 Å². The van der Waals surface area contributed by atoms with Gasteiger partial charge in [-0.15, -0.1) is 12.4 Å². The van der Waals surface area contributed by atoms with E-state index in [-0.39, 0.29) is 25.2 Å². The van der Waals surface area contributed by atoms with Crippen molar-refractivity contribution in [2.45, 2.75) is 18.5 Å². The van der Waals surface area contributed by atoms with E-state index >= 15 is 0 Å². The van der Waals surface area contributed by atoms with Gasteiger partial charge in [-0.05, 0) is 29.3 Å². The summed E-state index contributed by atoms with van der Waals surface area (Å²) in [4.78, 5) is 15.1. The van der Waals surface area contributed by atoms with Gasteiger partial charge in [0.05, 0.1) is 6.04 Å². The summed E-state index contributed by atoms with van der Waals surface area (Å²) in [6.45, 7) is 0.215. The Bertz CT molecular complexity index is 1000. The van der Waals surface area contributed by atoms with Crippen molar-refractivity contribution in [2.24, 2.45) is 0 Å². The van der Waals surface area contributed by atoms with Crippen LogP contribution in [0.1, 0.15) is 22.9 Å². The number of halogens is 1. The van der Waals surface area contributed by atoms with Crippen LogP contribution in [0, 0.1) is 0 Å². The average molecular weight is 373 g/mol. The summed E-state index contributed by atoms with van der Waals surface area (Å²) in [7, 11) is 0. The maximum atomic E-state index is 11.7. The summed E-state index contributed by atoms with van der Waals surface area (Å²) in [5.74, 6) is 0.558. The topological polar surface area (TPSA) is 83.6 Å². The van der Waals surface area contributed by atoms with Gasteiger partial charge >= 0.3 is 5.97 Å². The second-order valence-corrected chi connectivity index (χ2v) is 6.37. The number of carboxylic acids is 1. The molecule has 0 fully saturated rings. The Balaban J connectivity index is 0.00000168. The number of para-hydroxylation sites is 1. The number of benzene rings is 2. The number of fused-ring (bicyclic) bond motifs is 4. The summed E-state index contributed by atoms with van der Waals surface area (Å²) >= 11 is 0. The number of rotatable bonds is 2. The molecule has 0 aliphatic carbocycles. The summed E-state index contributed by atoms with van der Waals surface area (Å²) in [5.41, 5.74) is 4.04. The summed E-state index contributed by atoms with van der Waals surface area (Å²) in [6, 6.07) is 12.8. The Morgan fingerprint density at radius 1 is 1.12 bits per heavy atom. The fourth-order valence-electron chi connectivity index (χ4n) is 3.75. The fraction of sp³-hybridized carbons (Fsp3) is 0.211. The number of aliphatic carboxylic acids is 1. The standard InChI is InChI=1S/C19H16N2O4.ClH/c22-19(23)14-8-12-11-3-1-2-4-13(11)20-18(12)17(21-14)10-5-6-15-16(7-10)25-9-24-15;/h1-7,14,17,20-21H,8-9H2,(H,22,23);1H/t14-,17+;/m0./s1. The lowest BCUT2D eigenvalue weighted by Gasteiger charge is -2.29. The monoisotopic (exact) mass is 372 g/mol. The van der Waals surface area contributed by atoms with Crippen molar-refractivity contribution in [3.8, 4) is 11.5 Å². The van der Waals surface area contributed by atoms with Gasteiger partial charge in [0, 0.05) is 23.0 Å². The summed E-state index contributed by atoms with van der Waals surface area (Å²) < 4.78 is 10.8. The van der Waals surface area contributed by atoms with Crippen molar-refractivity contribution in [3.05, 3.63) is 59.3 Å². The number of hydrogen-bond acceptors (Lipinski definition) is 4. The largest absolute Gasteiger partial charge is 0.480 e. The third-order valence-corrected chi connectivity index (χ3v) is 4.94. The Morgan fingerprint density at radius 2 is 1.92 bits per heavy atom. The van der Waals surface area contributed by atoms with E-state index in [0.717, 1.165) is 27.7 Å². The number of hydrogen-bond donors (Lipinski definition) is 3. The smallest absolute Gasteiger partial charge is 0.321 e. The van der Waals surface area contributed by atoms with Crippen molar-refractivity contribution in [1.29, 1.82) is 0 Å². The van der Waals surface area contributed by atoms with Crippen LogP contribution in [0.2, 0.25) is 0 Å². The normalized spacial score (nSPS) is 20.5. The number of H-pyrrole nitrogens is 1. The van der Waals surface area contributed by atoms with Crippen LogP contribution in [0.4, 0.5) is 0 Å². The number of nitrogens with one attached hydrogen (secondary N) is 2. The molecular formula is C19H17ClN2O4. The first-order chi connectivity index (χ1) is 12.2. The molecule has 2 atom stereocenters. The first-order valence-corrected chi connectivity index (χ1v) is 8.18. The van der Waals surface area contributed by atoms with Gasteiger partial charge in [-0.2, -0.15) is 0 Å². The Morgan fingerprint density at radius 3 is 2.77 bits per heavy atom. The van der Waals surface area contributed by atoms with E-state index in [9.17, 15) is 9.90 Å². The second-order valence-electron chi connectivity index (χ2n) is 6.37. The van der Waals surface area contributed by atoms with Crippen molar-refractivity contribution >= 4 is 29.3 Å². The molecule has 0 radical (unpaired) electrons. The molecule has 7 heteroatoms. The molecule has 0 bridgehead atoms. The molecule has 1 aromatic heterocycles. The van der Waals surface area contributed by atoms with Crippen molar-refractivity contribution in [1.82, 2.24) is 10.3 Å². The Hall–Kier alpha value is -2.70. The molecule has 0 amide bonds. The van der Waals surface area contributed by atoms with E-state index in [2.05, 4.69) is 10.3 Å². The minimum Gasteiger partial charge on any atom is -0.480 e. The second kappa shape index (κ2) is 6.23. The van der Waals surface area contributed by atoms with E-state index < -0.39 is 12.0 Å². The zero-order valence-electron chi connectivity index (χ0n) is 13.7. The predicted octanol–water partition coefficient (Wildman–Crippen LogP) is 3.01. The van der Waals surface area contributed by atoms with E-state index in [4.69, 9.17) is 9.47 Å². The molecule has 5 rings (SSSR count). The number of carbonyl (C=O) groups is 1. The van der Waals surface area contributed by atoms with Gasteiger partial charge < -0.3 is 19.6 Å². The van der Waals surface area contributed by atoms with Crippen molar-refractivity contribution in [3.63, 3.8) is 0 Å². The van der Waals surface area contributed by atoms with Crippen LogP contribution in [-0.4, -0.2) is 28.9 Å². The molecule has 0 spiro atoms. The van der Waals surface area contributed by atoms with Crippen LogP contribution < -0.4 is 14.8 Å². The zero-order valence-corrected chi connectivity index (χ0v) is 14.5. The number of ether oxygens (including phenoxy) is 2. The van der Waals surface area contributed by atoms with Gasteiger partial charge in [0.2, 0.25) is 6.79 Å². The average Bonchev–Trinajstić information content (AvgIpc) is 3.24. The molecule has 2 aliphatic heterocycles. The van der Waals surface area contributed by atoms with Crippen LogP contribution in [-0.2, 0) is 11.2 Å². The fourth-order valence-corrected chi connectivity index (χ4v) is 3.75. The highest BCUT2D eigenvalue weighted by Gasteiger charge is 2.34. The molecule has 0 saturated heterocycles. The third kappa shape index (κ3) is 2.50. The Kier molecular flexibility index (Phi) is 4.01. The van der Waals surface area contributed by atoms with Crippen molar-refractivity contribution in [2.75, 3.05) is 6.79 Å². The third-order valence-electron chi connectivity index (χ3n) is 4.94. The molecular weight excluding hydrogens is 356 g/mol. The van der Waals surface area contributed by atoms with Crippen LogP contribution in [0.5, 0.6) is 11.5 Å². The number of carboxylic acid groups (broad SMARTS) is 1. The van der Waals surface area contributed by atoms with Crippen molar-refractivity contribution < 1.29 is 19.4 Å². The molecule has 0 saturated carbocycles. The highest BCUT2D eigenvalue weighted by Crippen LogP contribution is 2.39. The van der Waals surface area contributed by atoms with Crippen LogP contribution >= 0.6 is 12.4 Å². The zero-order chi connectivity index (χ0) is 17.0. The van der Waals surface area contributed by atoms with Crippen LogP contribution in [0.25, 0.3) is 10.9 Å². The summed E-state index contributed by atoms with van der Waals surface area (Å²) in [6.07, 6.45) is 0.454. The summed E-state index contributed by atoms with van der Waals surface area (Å²) in [5, 5.41) is 13.9. The number of aromatic nitrogens is 1. The molecule has 26 heavy (non-hydrogen) atoms. The van der Waals surface area contributed by atoms with Gasteiger partial charge in [0.1, 0.15) is 6.04 Å². The highest BCUT2D eigenvalue weighted by atomic mass is 35.5. The van der Waals surface area contributed by atoms with Crippen LogP contribution in [0.15, 0.2) is 42.5 Å². The van der Waals surface area contributed by atoms with Gasteiger partial charge in [0.25, 0.3) is 0 Å². The molecule has 134 valence electrons. The predicted molar refractivity (Wildman–Crippen MR) is 98.2 cm³/mol. The molecule has 2 aromatic carbocycles. The minimum atomic E-state index is -0.846.